The Bertz CT molecular complexity index is 1110. The van der Waals surface area contributed by atoms with Gasteiger partial charge in [-0.15, -0.1) is 11.3 Å². The summed E-state index contributed by atoms with van der Waals surface area (Å²) in [6, 6.07) is 15.0. The molecule has 1 aromatic heterocycles. The standard InChI is InChI=1S/C21H22N2O5S2/c1-27-19-9-8-15(11-20(19)28-2)13-22-21(24)16-5-3-7-18(12-16)30(25,26)23-14-17-6-4-10-29-17/h3-12,23H,13-14H2,1-2H3,(H,22,24). The van der Waals surface area contributed by atoms with Crippen LogP contribution in [0.3, 0.4) is 0 Å². The van der Waals surface area contributed by atoms with E-state index in [-0.39, 0.29) is 29.5 Å². The number of carbonyl (C=O) groups excluding carboxylic acids is 1. The molecule has 0 unspecified atom stereocenters. The minimum Gasteiger partial charge on any atom is -0.493 e. The van der Waals surface area contributed by atoms with Crippen LogP contribution >= 0.6 is 11.3 Å². The third-order valence-corrected chi connectivity index (χ3v) is 6.60. The molecule has 1 amide bonds. The van der Waals surface area contributed by atoms with Crippen LogP contribution in [0.4, 0.5) is 0 Å². The molecule has 2 aromatic carbocycles. The highest BCUT2D eigenvalue weighted by Gasteiger charge is 2.16. The highest BCUT2D eigenvalue weighted by Crippen LogP contribution is 2.27. The van der Waals surface area contributed by atoms with Crippen molar-refractivity contribution >= 4 is 27.3 Å². The molecule has 0 aliphatic rings. The first-order valence-corrected chi connectivity index (χ1v) is 11.4. The zero-order valence-electron chi connectivity index (χ0n) is 16.5. The van der Waals surface area contributed by atoms with E-state index in [9.17, 15) is 13.2 Å². The van der Waals surface area contributed by atoms with Crippen molar-refractivity contribution in [2.45, 2.75) is 18.0 Å². The third kappa shape index (κ3) is 5.38. The van der Waals surface area contributed by atoms with Crippen molar-refractivity contribution in [3.8, 4) is 11.5 Å². The SMILES string of the molecule is COc1ccc(CNC(=O)c2cccc(S(=O)(=O)NCc3cccs3)c2)cc1OC. The molecule has 0 saturated heterocycles. The Labute approximate surface area is 179 Å². The fraction of sp³-hybridized carbons (Fsp3) is 0.190. The van der Waals surface area contributed by atoms with E-state index in [2.05, 4.69) is 10.0 Å². The molecule has 30 heavy (non-hydrogen) atoms. The molecule has 2 N–H and O–H groups in total. The molecule has 0 spiro atoms. The van der Waals surface area contributed by atoms with Crippen LogP contribution < -0.4 is 19.5 Å². The van der Waals surface area contributed by atoms with Gasteiger partial charge >= 0.3 is 0 Å². The van der Waals surface area contributed by atoms with E-state index in [4.69, 9.17) is 9.47 Å². The van der Waals surface area contributed by atoms with E-state index in [1.54, 1.807) is 38.5 Å². The highest BCUT2D eigenvalue weighted by molar-refractivity contribution is 7.89. The lowest BCUT2D eigenvalue weighted by atomic mass is 10.1. The molecule has 3 rings (SSSR count). The van der Waals surface area contributed by atoms with Crippen molar-refractivity contribution in [1.29, 1.82) is 0 Å². The van der Waals surface area contributed by atoms with Crippen LogP contribution in [0.5, 0.6) is 11.5 Å². The largest absolute Gasteiger partial charge is 0.493 e. The van der Waals surface area contributed by atoms with Crippen LogP contribution in [0.25, 0.3) is 0 Å². The zero-order chi connectivity index (χ0) is 21.6. The molecule has 0 aliphatic carbocycles. The maximum atomic E-state index is 12.5. The Morgan fingerprint density at radius 1 is 0.967 bits per heavy atom. The normalized spacial score (nSPS) is 11.1. The molecular weight excluding hydrogens is 424 g/mol. The average molecular weight is 447 g/mol. The van der Waals surface area contributed by atoms with Gasteiger partial charge in [-0.05, 0) is 47.3 Å². The van der Waals surface area contributed by atoms with Gasteiger partial charge in [-0.1, -0.05) is 18.2 Å². The Kier molecular flexibility index (Phi) is 7.09. The number of carbonyl (C=O) groups is 1. The second-order valence-corrected chi connectivity index (χ2v) is 9.10. The summed E-state index contributed by atoms with van der Waals surface area (Å²) in [6.45, 7) is 0.461. The van der Waals surface area contributed by atoms with Crippen LogP contribution in [0.1, 0.15) is 20.8 Å². The van der Waals surface area contributed by atoms with Gasteiger partial charge in [-0.2, -0.15) is 0 Å². The second kappa shape index (κ2) is 9.75. The van der Waals surface area contributed by atoms with Crippen molar-refractivity contribution in [3.05, 3.63) is 76.0 Å². The first-order valence-electron chi connectivity index (χ1n) is 9.04. The summed E-state index contributed by atoms with van der Waals surface area (Å²) in [7, 11) is -0.638. The van der Waals surface area contributed by atoms with E-state index < -0.39 is 10.0 Å². The quantitative estimate of drug-likeness (QED) is 0.527. The molecule has 1 heterocycles. The van der Waals surface area contributed by atoms with Crippen LogP contribution in [0.2, 0.25) is 0 Å². The summed E-state index contributed by atoms with van der Waals surface area (Å²) in [6.07, 6.45) is 0. The van der Waals surface area contributed by atoms with E-state index in [1.165, 1.54) is 23.5 Å². The minimum absolute atomic E-state index is 0.0397. The van der Waals surface area contributed by atoms with Crippen LogP contribution in [-0.2, 0) is 23.1 Å². The van der Waals surface area contributed by atoms with Gasteiger partial charge in [-0.3, -0.25) is 4.79 Å². The zero-order valence-corrected chi connectivity index (χ0v) is 18.2. The van der Waals surface area contributed by atoms with Crippen molar-refractivity contribution in [1.82, 2.24) is 10.0 Å². The van der Waals surface area contributed by atoms with Gasteiger partial charge < -0.3 is 14.8 Å². The lowest BCUT2D eigenvalue weighted by Crippen LogP contribution is -2.25. The maximum absolute atomic E-state index is 12.5. The number of benzene rings is 2. The molecule has 0 aliphatic heterocycles. The Hall–Kier alpha value is -2.88. The lowest BCUT2D eigenvalue weighted by Gasteiger charge is -2.11. The van der Waals surface area contributed by atoms with Gasteiger partial charge in [0.15, 0.2) is 11.5 Å². The molecule has 0 bridgehead atoms. The summed E-state index contributed by atoms with van der Waals surface area (Å²) >= 11 is 1.47. The van der Waals surface area contributed by atoms with Crippen LogP contribution in [0, 0.1) is 0 Å². The molecule has 9 heteroatoms. The number of nitrogens with one attached hydrogen (secondary N) is 2. The van der Waals surface area contributed by atoms with Gasteiger partial charge in [0.2, 0.25) is 10.0 Å². The number of rotatable bonds is 9. The number of amides is 1. The fourth-order valence-electron chi connectivity index (χ4n) is 2.74. The van der Waals surface area contributed by atoms with Gasteiger partial charge in [0.05, 0.1) is 19.1 Å². The van der Waals surface area contributed by atoms with E-state index in [1.807, 2.05) is 23.6 Å². The second-order valence-electron chi connectivity index (χ2n) is 6.30. The monoisotopic (exact) mass is 446 g/mol. The molecule has 0 fully saturated rings. The first-order chi connectivity index (χ1) is 14.4. The van der Waals surface area contributed by atoms with Crippen molar-refractivity contribution in [2.24, 2.45) is 0 Å². The van der Waals surface area contributed by atoms with Gasteiger partial charge in [0.1, 0.15) is 0 Å². The van der Waals surface area contributed by atoms with E-state index in [0.717, 1.165) is 10.4 Å². The van der Waals surface area contributed by atoms with Crippen LogP contribution in [-0.4, -0.2) is 28.5 Å². The predicted octanol–water partition coefficient (Wildman–Crippen LogP) is 3.17. The summed E-state index contributed by atoms with van der Waals surface area (Å²) in [5.74, 6) is 0.787. The number of sulfonamides is 1. The van der Waals surface area contributed by atoms with Gasteiger partial charge in [0, 0.05) is 23.5 Å². The van der Waals surface area contributed by atoms with E-state index >= 15 is 0 Å². The topological polar surface area (TPSA) is 93.7 Å². The van der Waals surface area contributed by atoms with Crippen molar-refractivity contribution < 1.29 is 22.7 Å². The predicted molar refractivity (Wildman–Crippen MR) is 116 cm³/mol. The number of hydrogen-bond acceptors (Lipinski definition) is 6. The molecule has 3 aromatic rings. The van der Waals surface area contributed by atoms with Crippen LogP contribution in [0.15, 0.2) is 64.9 Å². The molecule has 0 saturated carbocycles. The Morgan fingerprint density at radius 3 is 2.47 bits per heavy atom. The number of ether oxygens (including phenoxy) is 2. The average Bonchev–Trinajstić information content (AvgIpc) is 3.30. The summed E-state index contributed by atoms with van der Waals surface area (Å²) < 4.78 is 38.1. The lowest BCUT2D eigenvalue weighted by molar-refractivity contribution is 0.0950. The number of thiophene rings is 1. The smallest absolute Gasteiger partial charge is 0.251 e. The molecular formula is C21H22N2O5S2. The summed E-state index contributed by atoms with van der Waals surface area (Å²) in [5.41, 5.74) is 1.08. The fourth-order valence-corrected chi connectivity index (χ4v) is 4.53. The Balaban J connectivity index is 1.67. The summed E-state index contributed by atoms with van der Waals surface area (Å²) in [4.78, 5) is 13.5. The van der Waals surface area contributed by atoms with Gasteiger partial charge in [-0.25, -0.2) is 13.1 Å². The maximum Gasteiger partial charge on any atom is 0.251 e. The van der Waals surface area contributed by atoms with E-state index in [0.29, 0.717) is 11.5 Å². The molecule has 0 atom stereocenters. The van der Waals surface area contributed by atoms with Crippen molar-refractivity contribution in [2.75, 3.05) is 14.2 Å². The summed E-state index contributed by atoms with van der Waals surface area (Å²) in [5, 5.41) is 4.67. The highest BCUT2D eigenvalue weighted by atomic mass is 32.2. The third-order valence-electron chi connectivity index (χ3n) is 4.32. The van der Waals surface area contributed by atoms with Gasteiger partial charge in [0.25, 0.3) is 5.91 Å². The number of hydrogen-bond donors (Lipinski definition) is 2. The Morgan fingerprint density at radius 2 is 1.77 bits per heavy atom. The molecule has 158 valence electrons. The number of methoxy groups -OCH3 is 2. The minimum atomic E-state index is -3.73. The molecule has 7 nitrogen and oxygen atoms in total. The molecule has 0 radical (unpaired) electrons. The first kappa shape index (κ1) is 21.8. The van der Waals surface area contributed by atoms with Crippen molar-refractivity contribution in [3.63, 3.8) is 0 Å².